The summed E-state index contributed by atoms with van der Waals surface area (Å²) in [4.78, 5) is 11.8. The van der Waals surface area contributed by atoms with Gasteiger partial charge < -0.3 is 21.7 Å². The number of carbonyl (C=O) groups is 1. The third-order valence-electron chi connectivity index (χ3n) is 2.86. The van der Waals surface area contributed by atoms with Crippen LogP contribution in [0.25, 0.3) is 0 Å². The summed E-state index contributed by atoms with van der Waals surface area (Å²) in [5, 5.41) is 2.95. The Morgan fingerprint density at radius 3 is 2.47 bits per heavy atom. The number of carbonyl (C=O) groups excluding carboxylic acids is 1. The molecule has 5 heteroatoms. The van der Waals surface area contributed by atoms with Gasteiger partial charge in [-0.1, -0.05) is 12.1 Å². The maximum atomic E-state index is 11.8. The topological polar surface area (TPSA) is 47.6 Å². The molecule has 1 N–H and O–H groups in total. The van der Waals surface area contributed by atoms with Crippen molar-refractivity contribution in [2.24, 2.45) is 0 Å². The molecule has 0 saturated heterocycles. The largest absolute Gasteiger partial charge is 0.525 e. The molecule has 1 aromatic rings. The van der Waals surface area contributed by atoms with Gasteiger partial charge in [-0.15, -0.1) is 0 Å². The average molecular weight is 341 g/mol. The van der Waals surface area contributed by atoms with Gasteiger partial charge in [0.15, 0.2) is 0 Å². The van der Waals surface area contributed by atoms with Gasteiger partial charge in [-0.25, -0.2) is 0 Å². The number of benzene rings is 1. The fourth-order valence-electron chi connectivity index (χ4n) is 1.65. The van der Waals surface area contributed by atoms with Gasteiger partial charge in [-0.2, -0.15) is 0 Å². The first-order valence-electron chi connectivity index (χ1n) is 6.61. The molecule has 0 spiro atoms. The summed E-state index contributed by atoms with van der Waals surface area (Å²) in [6, 6.07) is 6.84. The summed E-state index contributed by atoms with van der Waals surface area (Å²) < 4.78 is 24.3. The van der Waals surface area contributed by atoms with Crippen molar-refractivity contribution < 1.29 is 49.7 Å². The van der Waals surface area contributed by atoms with Gasteiger partial charge in [-0.3, -0.25) is 4.79 Å². The van der Waals surface area contributed by atoms with Crippen LogP contribution in [0.2, 0.25) is 0 Å². The Morgan fingerprint density at radius 2 is 2.05 bits per heavy atom. The second-order valence-corrected chi connectivity index (χ2v) is 4.14. The van der Waals surface area contributed by atoms with E-state index in [2.05, 4.69) is 12.2 Å². The van der Waals surface area contributed by atoms with E-state index in [1.807, 2.05) is 0 Å². The van der Waals surface area contributed by atoms with Crippen LogP contribution in [0, 0.1) is 6.92 Å². The predicted molar refractivity (Wildman–Crippen MR) is 70.5 cm³/mol. The van der Waals surface area contributed by atoms with Crippen LogP contribution in [0.5, 0.6) is 5.75 Å². The number of rotatable bonds is 6. The molecular formula is C14H20NO3Y-. The van der Waals surface area contributed by atoms with E-state index in [1.54, 1.807) is 38.2 Å². The Kier molecular flexibility index (Phi) is 6.82. The molecule has 0 aliphatic carbocycles. The Balaban J connectivity index is 0.00000400. The van der Waals surface area contributed by atoms with E-state index < -0.39 is 12.1 Å². The number of hydrogen-bond acceptors (Lipinski definition) is 4. The molecule has 0 fully saturated rings. The molecule has 103 valence electrons. The minimum atomic E-state index is -1.97. The minimum Gasteiger partial charge on any atom is -0.525 e. The normalized spacial score (nSPS) is 15.4. The van der Waals surface area contributed by atoms with Crippen molar-refractivity contribution in [1.82, 2.24) is 5.32 Å². The molecule has 1 rings (SSSR count). The number of ether oxygens (including phenoxy) is 2. The molecule has 0 amide bonds. The standard InChI is InChI=1S/C14H20NO3.Y/c1-5-18-12-8-6-11(7-9-12)10-14(2,15-3)13(16)17-4;/h6-9,15H,1,5,10H2,2-4H3;/q-1;/i5D2;. The molecule has 1 unspecified atom stereocenters. The molecule has 4 nitrogen and oxygen atoms in total. The van der Waals surface area contributed by atoms with Crippen molar-refractivity contribution in [2.45, 2.75) is 18.9 Å². The molecule has 19 heavy (non-hydrogen) atoms. The van der Waals surface area contributed by atoms with Gasteiger partial charge in [0.05, 0.1) is 7.11 Å². The van der Waals surface area contributed by atoms with Crippen molar-refractivity contribution in [2.75, 3.05) is 20.7 Å². The summed E-state index contributed by atoms with van der Waals surface area (Å²) in [5.74, 6) is 0.0485. The van der Waals surface area contributed by atoms with E-state index in [9.17, 15) is 4.79 Å². The number of esters is 1. The van der Waals surface area contributed by atoms with Gasteiger partial charge >= 0.3 is 5.97 Å². The second kappa shape index (κ2) is 8.67. The first-order valence-corrected chi connectivity index (χ1v) is 5.61. The molecule has 0 bridgehead atoms. The fourth-order valence-corrected chi connectivity index (χ4v) is 1.65. The molecule has 0 aliphatic rings. The van der Waals surface area contributed by atoms with Crippen LogP contribution >= 0.6 is 0 Å². The molecule has 0 aromatic heterocycles. The maximum absolute atomic E-state index is 11.8. The van der Waals surface area contributed by atoms with E-state index in [0.29, 0.717) is 12.2 Å². The van der Waals surface area contributed by atoms with Gasteiger partial charge in [-0.05, 0) is 38.2 Å². The smallest absolute Gasteiger partial charge is 0.326 e. The Labute approximate surface area is 142 Å². The quantitative estimate of drug-likeness (QED) is 0.631. The first kappa shape index (κ1) is 15.0. The SMILES string of the molecule is [2H]C([2H])([CH2-])Oc1ccc(CC(C)(NC)C(=O)OC)cc1.[Y]. The number of hydrogen-bond donors (Lipinski definition) is 1. The van der Waals surface area contributed by atoms with Crippen LogP contribution in [-0.2, 0) is 48.7 Å². The van der Waals surface area contributed by atoms with Gasteiger partial charge in [0.1, 0.15) is 11.3 Å². The Morgan fingerprint density at radius 1 is 1.47 bits per heavy atom. The zero-order chi connectivity index (χ0) is 15.4. The number of methoxy groups -OCH3 is 1. The van der Waals surface area contributed by atoms with Crippen molar-refractivity contribution in [1.29, 1.82) is 0 Å². The fraction of sp³-hybridized carbons (Fsp3) is 0.429. The summed E-state index contributed by atoms with van der Waals surface area (Å²) in [6.45, 7) is 3.03. The minimum absolute atomic E-state index is 0. The average Bonchev–Trinajstić information content (AvgIpc) is 2.38. The zero-order valence-electron chi connectivity index (χ0n) is 13.5. The van der Waals surface area contributed by atoms with Crippen LogP contribution in [0.15, 0.2) is 24.3 Å². The van der Waals surface area contributed by atoms with Crippen LogP contribution in [0.3, 0.4) is 0 Å². The molecule has 1 atom stereocenters. The third kappa shape index (κ3) is 5.21. The van der Waals surface area contributed by atoms with Crippen LogP contribution in [0.1, 0.15) is 15.2 Å². The Bertz CT molecular complexity index is 462. The predicted octanol–water partition coefficient (Wildman–Crippen LogP) is 1.59. The Hall–Kier alpha value is -0.446. The maximum Gasteiger partial charge on any atom is 0.326 e. The van der Waals surface area contributed by atoms with Gasteiger partial charge in [0, 0.05) is 41.9 Å². The first-order chi connectivity index (χ1) is 9.20. The van der Waals surface area contributed by atoms with Crippen molar-refractivity contribution in [3.8, 4) is 5.75 Å². The van der Waals surface area contributed by atoms with Gasteiger partial charge in [0.25, 0.3) is 0 Å². The van der Waals surface area contributed by atoms with Crippen molar-refractivity contribution in [3.63, 3.8) is 0 Å². The second-order valence-electron chi connectivity index (χ2n) is 4.14. The summed E-state index contributed by atoms with van der Waals surface area (Å²) >= 11 is 0. The van der Waals surface area contributed by atoms with E-state index in [-0.39, 0.29) is 38.7 Å². The molecule has 1 radical (unpaired) electrons. The van der Waals surface area contributed by atoms with Crippen LogP contribution < -0.4 is 10.1 Å². The van der Waals surface area contributed by atoms with E-state index in [4.69, 9.17) is 12.2 Å². The van der Waals surface area contributed by atoms with Crippen LogP contribution in [-0.4, -0.2) is 32.2 Å². The molecular weight excluding hydrogens is 319 g/mol. The van der Waals surface area contributed by atoms with E-state index in [1.165, 1.54) is 7.11 Å². The zero-order valence-corrected chi connectivity index (χ0v) is 14.4. The summed E-state index contributed by atoms with van der Waals surface area (Å²) in [7, 11) is 3.05. The number of likely N-dealkylation sites (N-methyl/N-ethyl adjacent to an activating group) is 1. The van der Waals surface area contributed by atoms with E-state index in [0.717, 1.165) is 5.56 Å². The molecule has 0 saturated carbocycles. The monoisotopic (exact) mass is 341 g/mol. The number of nitrogens with one attached hydrogen (secondary N) is 1. The molecule has 0 heterocycles. The molecule has 1 aromatic carbocycles. The molecule has 0 aliphatic heterocycles. The third-order valence-corrected chi connectivity index (χ3v) is 2.86. The van der Waals surface area contributed by atoms with Crippen molar-refractivity contribution in [3.05, 3.63) is 36.8 Å². The van der Waals surface area contributed by atoms with Crippen LogP contribution in [0.4, 0.5) is 0 Å². The summed E-state index contributed by atoms with van der Waals surface area (Å²) in [6.07, 6.45) is 0.452. The van der Waals surface area contributed by atoms with E-state index >= 15 is 0 Å². The summed E-state index contributed by atoms with van der Waals surface area (Å²) in [5.41, 5.74) is 0.0992. The van der Waals surface area contributed by atoms with Crippen molar-refractivity contribution >= 4 is 5.97 Å². The van der Waals surface area contributed by atoms with Gasteiger partial charge in [0.2, 0.25) is 0 Å².